The van der Waals surface area contributed by atoms with Crippen LogP contribution >= 0.6 is 0 Å². The van der Waals surface area contributed by atoms with Gasteiger partial charge in [0.15, 0.2) is 0 Å². The first kappa shape index (κ1) is 26.4. The number of nitrogens with one attached hydrogen (secondary N) is 2. The fourth-order valence-electron chi connectivity index (χ4n) is 3.92. The summed E-state index contributed by atoms with van der Waals surface area (Å²) in [5.74, 6) is -0.801. The second-order valence-electron chi connectivity index (χ2n) is 9.29. The van der Waals surface area contributed by atoms with E-state index in [4.69, 9.17) is 4.74 Å². The Balaban J connectivity index is 2.27. The van der Waals surface area contributed by atoms with Crippen LogP contribution in [-0.2, 0) is 14.3 Å². The number of amides is 3. The zero-order valence-electron chi connectivity index (χ0n) is 19.9. The van der Waals surface area contributed by atoms with Crippen molar-refractivity contribution in [2.24, 2.45) is 0 Å². The van der Waals surface area contributed by atoms with E-state index in [2.05, 4.69) is 17.2 Å². The van der Waals surface area contributed by atoms with Crippen LogP contribution in [0, 0.1) is 0 Å². The SMILES string of the molecule is C=Cc1cccc(C(C(=O)NC2CCCCC2)N(CCO)C(=O)CNC(=O)OC(C)(C)C)c1. The number of hydrogen-bond acceptors (Lipinski definition) is 5. The zero-order chi connectivity index (χ0) is 24.4. The molecule has 8 nitrogen and oxygen atoms in total. The number of aliphatic hydroxyl groups excluding tert-OH is 1. The van der Waals surface area contributed by atoms with Gasteiger partial charge in [0.1, 0.15) is 18.2 Å². The van der Waals surface area contributed by atoms with Gasteiger partial charge in [-0.1, -0.05) is 50.1 Å². The second-order valence-corrected chi connectivity index (χ2v) is 9.29. The number of hydrogen-bond donors (Lipinski definition) is 3. The molecule has 0 aliphatic heterocycles. The molecule has 0 radical (unpaired) electrons. The van der Waals surface area contributed by atoms with Crippen LogP contribution in [0.1, 0.15) is 70.0 Å². The number of benzene rings is 1. The maximum absolute atomic E-state index is 13.4. The van der Waals surface area contributed by atoms with Gasteiger partial charge in [0.2, 0.25) is 11.8 Å². The third kappa shape index (κ3) is 8.53. The molecule has 33 heavy (non-hydrogen) atoms. The van der Waals surface area contributed by atoms with E-state index in [0.29, 0.717) is 5.56 Å². The van der Waals surface area contributed by atoms with Gasteiger partial charge in [-0.15, -0.1) is 0 Å². The lowest BCUT2D eigenvalue weighted by molar-refractivity contribution is -0.141. The Kier molecular flexibility index (Phi) is 9.91. The minimum absolute atomic E-state index is 0.0577. The van der Waals surface area contributed by atoms with Crippen molar-refractivity contribution in [3.8, 4) is 0 Å². The Labute approximate surface area is 196 Å². The normalized spacial score (nSPS) is 15.3. The average molecular weight is 460 g/mol. The Bertz CT molecular complexity index is 828. The third-order valence-electron chi connectivity index (χ3n) is 5.42. The summed E-state index contributed by atoms with van der Waals surface area (Å²) in [6.45, 7) is 8.22. The molecule has 2 rings (SSSR count). The van der Waals surface area contributed by atoms with E-state index in [1.807, 2.05) is 6.07 Å². The van der Waals surface area contributed by atoms with Crippen molar-refractivity contribution in [2.75, 3.05) is 19.7 Å². The molecule has 0 saturated heterocycles. The van der Waals surface area contributed by atoms with Gasteiger partial charge in [-0.2, -0.15) is 0 Å². The Morgan fingerprint density at radius 1 is 1.24 bits per heavy atom. The molecule has 182 valence electrons. The lowest BCUT2D eigenvalue weighted by Gasteiger charge is -2.33. The quantitative estimate of drug-likeness (QED) is 0.526. The smallest absolute Gasteiger partial charge is 0.408 e. The Morgan fingerprint density at radius 2 is 1.94 bits per heavy atom. The van der Waals surface area contributed by atoms with E-state index in [-0.39, 0.29) is 31.6 Å². The number of carbonyl (C=O) groups excluding carboxylic acids is 3. The molecule has 8 heteroatoms. The number of rotatable bonds is 9. The van der Waals surface area contributed by atoms with Gasteiger partial charge in [0.05, 0.1) is 6.61 Å². The van der Waals surface area contributed by atoms with Crippen LogP contribution in [0.15, 0.2) is 30.8 Å². The van der Waals surface area contributed by atoms with Crippen molar-refractivity contribution in [1.29, 1.82) is 0 Å². The Hall–Kier alpha value is -2.87. The van der Waals surface area contributed by atoms with Crippen LogP contribution in [0.25, 0.3) is 6.08 Å². The largest absolute Gasteiger partial charge is 0.444 e. The summed E-state index contributed by atoms with van der Waals surface area (Å²) in [5, 5.41) is 15.2. The van der Waals surface area contributed by atoms with E-state index >= 15 is 0 Å². The van der Waals surface area contributed by atoms with Crippen molar-refractivity contribution >= 4 is 24.0 Å². The van der Waals surface area contributed by atoms with Crippen molar-refractivity contribution in [1.82, 2.24) is 15.5 Å². The first-order valence-electron chi connectivity index (χ1n) is 11.5. The van der Waals surface area contributed by atoms with Crippen molar-refractivity contribution in [2.45, 2.75) is 70.6 Å². The van der Waals surface area contributed by atoms with E-state index < -0.39 is 23.6 Å². The fourth-order valence-corrected chi connectivity index (χ4v) is 3.92. The molecule has 1 aliphatic carbocycles. The summed E-state index contributed by atoms with van der Waals surface area (Å²) in [6, 6.07) is 6.34. The summed E-state index contributed by atoms with van der Waals surface area (Å²) < 4.78 is 5.19. The first-order valence-corrected chi connectivity index (χ1v) is 11.5. The molecule has 1 aromatic carbocycles. The minimum Gasteiger partial charge on any atom is -0.444 e. The van der Waals surface area contributed by atoms with Crippen LogP contribution in [-0.4, -0.2) is 59.3 Å². The summed E-state index contributed by atoms with van der Waals surface area (Å²) in [4.78, 5) is 39.9. The van der Waals surface area contributed by atoms with E-state index in [1.165, 1.54) is 4.90 Å². The number of nitrogens with zero attached hydrogens (tertiary/aromatic N) is 1. The number of ether oxygens (including phenoxy) is 1. The van der Waals surface area contributed by atoms with E-state index in [1.54, 1.807) is 45.0 Å². The molecule has 0 heterocycles. The predicted octanol–water partition coefficient (Wildman–Crippen LogP) is 3.17. The summed E-state index contributed by atoms with van der Waals surface area (Å²) in [5.41, 5.74) is 0.719. The maximum atomic E-state index is 13.4. The highest BCUT2D eigenvalue weighted by Crippen LogP contribution is 2.25. The lowest BCUT2D eigenvalue weighted by atomic mass is 9.94. The van der Waals surface area contributed by atoms with Crippen LogP contribution in [0.4, 0.5) is 4.79 Å². The Morgan fingerprint density at radius 3 is 2.55 bits per heavy atom. The van der Waals surface area contributed by atoms with E-state index in [0.717, 1.165) is 37.7 Å². The first-order chi connectivity index (χ1) is 15.6. The van der Waals surface area contributed by atoms with Crippen molar-refractivity contribution < 1.29 is 24.2 Å². The molecular weight excluding hydrogens is 422 g/mol. The monoisotopic (exact) mass is 459 g/mol. The zero-order valence-corrected chi connectivity index (χ0v) is 19.9. The average Bonchev–Trinajstić information content (AvgIpc) is 2.77. The molecule has 1 aliphatic rings. The van der Waals surface area contributed by atoms with Crippen LogP contribution in [0.2, 0.25) is 0 Å². The fraction of sp³-hybridized carbons (Fsp3) is 0.560. The topological polar surface area (TPSA) is 108 Å². The van der Waals surface area contributed by atoms with Crippen LogP contribution in [0.5, 0.6) is 0 Å². The third-order valence-corrected chi connectivity index (χ3v) is 5.42. The second kappa shape index (κ2) is 12.4. The molecule has 1 fully saturated rings. The van der Waals surface area contributed by atoms with E-state index in [9.17, 15) is 19.5 Å². The highest BCUT2D eigenvalue weighted by molar-refractivity contribution is 5.90. The maximum Gasteiger partial charge on any atom is 0.408 e. The van der Waals surface area contributed by atoms with Crippen LogP contribution < -0.4 is 10.6 Å². The highest BCUT2D eigenvalue weighted by atomic mass is 16.6. The van der Waals surface area contributed by atoms with Gasteiger partial charge in [-0.3, -0.25) is 9.59 Å². The van der Waals surface area contributed by atoms with Gasteiger partial charge < -0.3 is 25.4 Å². The molecule has 0 aromatic heterocycles. The van der Waals surface area contributed by atoms with Gasteiger partial charge in [-0.25, -0.2) is 4.79 Å². The van der Waals surface area contributed by atoms with Crippen molar-refractivity contribution in [3.05, 3.63) is 42.0 Å². The van der Waals surface area contributed by atoms with Gasteiger partial charge in [0, 0.05) is 12.6 Å². The standard InChI is InChI=1S/C25H37N3O5/c1-5-18-10-9-11-19(16-18)22(23(31)27-20-12-7-6-8-13-20)28(14-15-29)21(30)17-26-24(32)33-25(2,3)4/h5,9-11,16,20,22,29H,1,6-8,12-15,17H2,2-4H3,(H,26,32)(H,27,31). The number of aliphatic hydroxyl groups is 1. The van der Waals surface area contributed by atoms with Gasteiger partial charge in [-0.05, 0) is 50.8 Å². The van der Waals surface area contributed by atoms with Gasteiger partial charge in [0.25, 0.3) is 0 Å². The number of carbonyl (C=O) groups is 3. The molecule has 3 N–H and O–H groups in total. The molecule has 1 aromatic rings. The summed E-state index contributed by atoms with van der Waals surface area (Å²) in [6.07, 6.45) is 6.02. The molecule has 3 amide bonds. The lowest BCUT2D eigenvalue weighted by Crippen LogP contribution is -2.50. The molecular formula is C25H37N3O5. The predicted molar refractivity (Wildman–Crippen MR) is 127 cm³/mol. The molecule has 1 unspecified atom stereocenters. The highest BCUT2D eigenvalue weighted by Gasteiger charge is 2.33. The molecule has 1 atom stereocenters. The molecule has 0 bridgehead atoms. The van der Waals surface area contributed by atoms with Gasteiger partial charge >= 0.3 is 6.09 Å². The van der Waals surface area contributed by atoms with Crippen LogP contribution in [0.3, 0.4) is 0 Å². The minimum atomic E-state index is -0.952. The van der Waals surface area contributed by atoms with Crippen molar-refractivity contribution in [3.63, 3.8) is 0 Å². The molecule has 0 spiro atoms. The summed E-state index contributed by atoms with van der Waals surface area (Å²) >= 11 is 0. The summed E-state index contributed by atoms with van der Waals surface area (Å²) in [7, 11) is 0. The number of alkyl carbamates (subject to hydrolysis) is 1. The molecule has 1 saturated carbocycles.